The SMILES string of the molecule is C=CCN1C(=O)NC(=O)[C@@]2(Cc3cc([N+](=O)[O-])ccc3N(C)[C@H]2c2ccccc2)C1=O. The summed E-state index contributed by atoms with van der Waals surface area (Å²) in [6.07, 6.45) is 1.32. The summed E-state index contributed by atoms with van der Waals surface area (Å²) in [5.74, 6) is -1.38. The van der Waals surface area contributed by atoms with Crippen LogP contribution in [0.4, 0.5) is 16.2 Å². The maximum Gasteiger partial charge on any atom is 0.331 e. The molecule has 2 aromatic rings. The van der Waals surface area contributed by atoms with Gasteiger partial charge in [0.25, 0.3) is 5.69 Å². The molecular formula is C22H20N4O5. The Morgan fingerprint density at radius 3 is 2.58 bits per heavy atom. The Kier molecular flexibility index (Phi) is 4.81. The number of benzene rings is 2. The van der Waals surface area contributed by atoms with Gasteiger partial charge in [-0.2, -0.15) is 0 Å². The van der Waals surface area contributed by atoms with E-state index in [2.05, 4.69) is 11.9 Å². The molecule has 2 aliphatic heterocycles. The standard InChI is InChI=1S/C22H20N4O5/c1-3-11-25-20(28)22(19(27)23-21(25)29)13-15-12-16(26(30)31)9-10-17(15)24(2)18(22)14-7-5-4-6-8-14/h3-10,12,18H,1,11,13H2,2H3,(H,23,27,29)/t18-,22-/m0/s1. The zero-order valence-electron chi connectivity index (χ0n) is 16.8. The molecule has 0 unspecified atom stereocenters. The molecule has 9 nitrogen and oxygen atoms in total. The zero-order chi connectivity index (χ0) is 22.3. The van der Waals surface area contributed by atoms with Gasteiger partial charge in [0.2, 0.25) is 11.8 Å². The van der Waals surface area contributed by atoms with E-state index in [1.165, 1.54) is 18.2 Å². The van der Waals surface area contributed by atoms with Crippen LogP contribution in [-0.2, 0) is 16.0 Å². The molecule has 1 N–H and O–H groups in total. The van der Waals surface area contributed by atoms with Gasteiger partial charge in [-0.15, -0.1) is 6.58 Å². The van der Waals surface area contributed by atoms with E-state index in [4.69, 9.17) is 0 Å². The third-order valence-electron chi connectivity index (χ3n) is 5.90. The monoisotopic (exact) mass is 420 g/mol. The van der Waals surface area contributed by atoms with Gasteiger partial charge in [0, 0.05) is 37.8 Å². The van der Waals surface area contributed by atoms with Crippen LogP contribution in [0.15, 0.2) is 61.2 Å². The van der Waals surface area contributed by atoms with Gasteiger partial charge in [-0.25, -0.2) is 4.79 Å². The summed E-state index contributed by atoms with van der Waals surface area (Å²) in [4.78, 5) is 52.9. The fourth-order valence-electron chi connectivity index (χ4n) is 4.58. The van der Waals surface area contributed by atoms with E-state index in [9.17, 15) is 24.5 Å². The van der Waals surface area contributed by atoms with Crippen molar-refractivity contribution in [2.45, 2.75) is 12.5 Å². The largest absolute Gasteiger partial charge is 0.366 e. The lowest BCUT2D eigenvalue weighted by molar-refractivity contribution is -0.384. The molecule has 0 bridgehead atoms. The van der Waals surface area contributed by atoms with E-state index in [-0.39, 0.29) is 18.7 Å². The highest BCUT2D eigenvalue weighted by Gasteiger charge is 2.62. The van der Waals surface area contributed by atoms with Gasteiger partial charge in [0.05, 0.1) is 11.0 Å². The second-order valence-electron chi connectivity index (χ2n) is 7.61. The van der Waals surface area contributed by atoms with Crippen molar-refractivity contribution in [2.75, 3.05) is 18.5 Å². The Balaban J connectivity index is 1.96. The molecule has 2 aliphatic rings. The van der Waals surface area contributed by atoms with Crippen molar-refractivity contribution in [1.29, 1.82) is 0 Å². The molecule has 4 amide bonds. The van der Waals surface area contributed by atoms with Gasteiger partial charge in [-0.05, 0) is 17.2 Å². The van der Waals surface area contributed by atoms with Crippen molar-refractivity contribution in [3.8, 4) is 0 Å². The van der Waals surface area contributed by atoms with E-state index in [1.54, 1.807) is 30.1 Å². The molecule has 0 aromatic heterocycles. The molecule has 31 heavy (non-hydrogen) atoms. The lowest BCUT2D eigenvalue weighted by Gasteiger charge is -2.50. The van der Waals surface area contributed by atoms with Crippen LogP contribution in [0, 0.1) is 15.5 Å². The number of nitro groups is 1. The first-order valence-electron chi connectivity index (χ1n) is 9.64. The zero-order valence-corrected chi connectivity index (χ0v) is 16.8. The Labute approximate surface area is 178 Å². The minimum Gasteiger partial charge on any atom is -0.366 e. The number of barbiturate groups is 1. The maximum absolute atomic E-state index is 13.7. The summed E-state index contributed by atoms with van der Waals surface area (Å²) in [7, 11) is 1.73. The maximum atomic E-state index is 13.7. The van der Waals surface area contributed by atoms with Crippen LogP contribution in [0.2, 0.25) is 0 Å². The number of hydrogen-bond acceptors (Lipinski definition) is 6. The smallest absolute Gasteiger partial charge is 0.331 e. The van der Waals surface area contributed by atoms with E-state index in [1.807, 2.05) is 18.2 Å². The number of anilines is 1. The van der Waals surface area contributed by atoms with Gasteiger partial charge in [-0.3, -0.25) is 29.9 Å². The molecule has 158 valence electrons. The first-order chi connectivity index (χ1) is 14.8. The number of nitrogens with one attached hydrogen (secondary N) is 1. The van der Waals surface area contributed by atoms with Crippen molar-refractivity contribution >= 4 is 29.2 Å². The second-order valence-corrected chi connectivity index (χ2v) is 7.61. The van der Waals surface area contributed by atoms with E-state index >= 15 is 0 Å². The lowest BCUT2D eigenvalue weighted by atomic mass is 9.66. The summed E-state index contributed by atoms with van der Waals surface area (Å²) in [5, 5.41) is 13.6. The Bertz CT molecular complexity index is 1120. The minimum absolute atomic E-state index is 0.0628. The first kappa shape index (κ1) is 20.3. The van der Waals surface area contributed by atoms with Gasteiger partial charge < -0.3 is 4.90 Å². The molecule has 1 saturated heterocycles. The van der Waals surface area contributed by atoms with Crippen LogP contribution in [0.3, 0.4) is 0 Å². The third kappa shape index (κ3) is 2.97. The number of rotatable bonds is 4. The van der Waals surface area contributed by atoms with Crippen LogP contribution < -0.4 is 10.2 Å². The number of amides is 4. The molecule has 2 atom stereocenters. The average Bonchev–Trinajstić information content (AvgIpc) is 2.75. The molecule has 2 aromatic carbocycles. The Hall–Kier alpha value is -4.01. The number of non-ortho nitro benzene ring substituents is 1. The summed E-state index contributed by atoms with van der Waals surface area (Å²) in [5.41, 5.74) is 0.0570. The molecule has 0 aliphatic carbocycles. The number of urea groups is 1. The van der Waals surface area contributed by atoms with Gasteiger partial charge >= 0.3 is 6.03 Å². The van der Waals surface area contributed by atoms with Gasteiger partial charge in [0.1, 0.15) is 0 Å². The van der Waals surface area contributed by atoms with Crippen molar-refractivity contribution in [1.82, 2.24) is 10.2 Å². The first-order valence-corrected chi connectivity index (χ1v) is 9.64. The molecule has 9 heteroatoms. The van der Waals surface area contributed by atoms with Crippen molar-refractivity contribution in [2.24, 2.45) is 5.41 Å². The van der Waals surface area contributed by atoms with E-state index < -0.39 is 34.2 Å². The number of nitrogens with zero attached hydrogens (tertiary/aromatic N) is 3. The van der Waals surface area contributed by atoms with Crippen molar-refractivity contribution in [3.63, 3.8) is 0 Å². The average molecular weight is 420 g/mol. The Morgan fingerprint density at radius 1 is 1.23 bits per heavy atom. The summed E-state index contributed by atoms with van der Waals surface area (Å²) < 4.78 is 0. The number of fused-ring (bicyclic) bond motifs is 1. The molecule has 4 rings (SSSR count). The quantitative estimate of drug-likeness (QED) is 0.352. The number of hydrogen-bond donors (Lipinski definition) is 1. The van der Waals surface area contributed by atoms with E-state index in [0.29, 0.717) is 16.8 Å². The topological polar surface area (TPSA) is 113 Å². The number of carbonyl (C=O) groups is 3. The number of nitro benzene ring substituents is 1. The van der Waals surface area contributed by atoms with Crippen molar-refractivity contribution in [3.05, 3.63) is 82.4 Å². The normalized spacial score (nSPS) is 22.9. The van der Waals surface area contributed by atoms with Crippen LogP contribution in [0.5, 0.6) is 0 Å². The third-order valence-corrected chi connectivity index (χ3v) is 5.90. The molecule has 0 radical (unpaired) electrons. The van der Waals surface area contributed by atoms with Gasteiger partial charge in [0.15, 0.2) is 5.41 Å². The van der Waals surface area contributed by atoms with Crippen LogP contribution >= 0.6 is 0 Å². The molecule has 2 heterocycles. The minimum atomic E-state index is -1.69. The highest BCUT2D eigenvalue weighted by Crippen LogP contribution is 2.51. The predicted octanol–water partition coefficient (Wildman–Crippen LogP) is 2.58. The molecular weight excluding hydrogens is 400 g/mol. The van der Waals surface area contributed by atoms with Crippen molar-refractivity contribution < 1.29 is 19.3 Å². The lowest BCUT2D eigenvalue weighted by Crippen LogP contribution is -2.69. The second kappa shape index (κ2) is 7.35. The molecule has 0 saturated carbocycles. The fourth-order valence-corrected chi connectivity index (χ4v) is 4.58. The summed E-state index contributed by atoms with van der Waals surface area (Å²) in [6.45, 7) is 3.53. The van der Waals surface area contributed by atoms with E-state index in [0.717, 1.165) is 4.90 Å². The molecule has 1 fully saturated rings. The van der Waals surface area contributed by atoms with Gasteiger partial charge in [-0.1, -0.05) is 36.4 Å². The number of imide groups is 2. The fraction of sp³-hybridized carbons (Fsp3) is 0.227. The number of carbonyl (C=O) groups excluding carboxylic acids is 3. The van der Waals surface area contributed by atoms with Crippen LogP contribution in [0.25, 0.3) is 0 Å². The predicted molar refractivity (Wildman–Crippen MR) is 112 cm³/mol. The highest BCUT2D eigenvalue weighted by molar-refractivity contribution is 6.20. The van der Waals surface area contributed by atoms with Crippen LogP contribution in [0.1, 0.15) is 17.2 Å². The van der Waals surface area contributed by atoms with Crippen LogP contribution in [-0.4, -0.2) is 41.3 Å². The highest BCUT2D eigenvalue weighted by atomic mass is 16.6. The molecule has 1 spiro atoms. The summed E-state index contributed by atoms with van der Waals surface area (Å²) >= 11 is 0. The summed E-state index contributed by atoms with van der Waals surface area (Å²) in [6, 6.07) is 11.9. The Morgan fingerprint density at radius 2 is 1.94 bits per heavy atom.